The average Bonchev–Trinajstić information content (AvgIpc) is 2.61. The molecule has 94 valence electrons. The molecule has 0 unspecified atom stereocenters. The fourth-order valence-electron chi connectivity index (χ4n) is 1.78. The number of nitrogens with two attached hydrogens (primary N) is 1. The lowest BCUT2D eigenvalue weighted by atomic mass is 10.2. The van der Waals surface area contributed by atoms with Gasteiger partial charge in [-0.1, -0.05) is 13.3 Å². The Hall–Kier alpha value is -1.10. The van der Waals surface area contributed by atoms with Gasteiger partial charge in [-0.2, -0.15) is 0 Å². The molecule has 5 nitrogen and oxygen atoms in total. The number of carboxylic acids is 1. The highest BCUT2D eigenvalue weighted by molar-refractivity contribution is 5.80. The van der Waals surface area contributed by atoms with Crippen molar-refractivity contribution in [2.24, 2.45) is 5.73 Å². The molecule has 1 saturated heterocycles. The van der Waals surface area contributed by atoms with E-state index >= 15 is 0 Å². The van der Waals surface area contributed by atoms with Crippen molar-refractivity contribution in [1.82, 2.24) is 4.90 Å². The van der Waals surface area contributed by atoms with E-state index in [2.05, 4.69) is 11.8 Å². The van der Waals surface area contributed by atoms with Gasteiger partial charge in [0.25, 0.3) is 5.97 Å². The van der Waals surface area contributed by atoms with E-state index in [4.69, 9.17) is 15.6 Å². The Kier molecular flexibility index (Phi) is 7.54. The SMILES string of the molecule is CC(=O)O.CCCCN1CCC[C@H]1C(N)=O. The Balaban J connectivity index is 0.000000487. The Labute approximate surface area is 96.6 Å². The number of rotatable bonds is 4. The summed E-state index contributed by atoms with van der Waals surface area (Å²) >= 11 is 0. The van der Waals surface area contributed by atoms with E-state index in [0.717, 1.165) is 32.9 Å². The predicted molar refractivity (Wildman–Crippen MR) is 62.0 cm³/mol. The number of amides is 1. The van der Waals surface area contributed by atoms with E-state index in [1.807, 2.05) is 0 Å². The number of hydrogen-bond acceptors (Lipinski definition) is 3. The van der Waals surface area contributed by atoms with Gasteiger partial charge in [-0.15, -0.1) is 0 Å². The maximum Gasteiger partial charge on any atom is 0.300 e. The number of unbranched alkanes of at least 4 members (excludes halogenated alkanes) is 1. The Morgan fingerprint density at radius 3 is 2.50 bits per heavy atom. The van der Waals surface area contributed by atoms with Crippen LogP contribution in [0.1, 0.15) is 39.5 Å². The molecule has 1 atom stereocenters. The van der Waals surface area contributed by atoms with Crippen LogP contribution in [-0.4, -0.2) is 41.0 Å². The third kappa shape index (κ3) is 6.40. The van der Waals surface area contributed by atoms with Crippen LogP contribution in [-0.2, 0) is 9.59 Å². The van der Waals surface area contributed by atoms with Gasteiger partial charge < -0.3 is 10.8 Å². The number of carbonyl (C=O) groups is 2. The molecule has 0 aromatic carbocycles. The van der Waals surface area contributed by atoms with Crippen LogP contribution in [0.4, 0.5) is 0 Å². The summed E-state index contributed by atoms with van der Waals surface area (Å²) in [4.78, 5) is 22.2. The van der Waals surface area contributed by atoms with Gasteiger partial charge in [-0.05, 0) is 32.4 Å². The van der Waals surface area contributed by atoms with Crippen molar-refractivity contribution < 1.29 is 14.7 Å². The minimum absolute atomic E-state index is 0.0246. The van der Waals surface area contributed by atoms with Crippen LogP contribution < -0.4 is 5.73 Å². The number of carbonyl (C=O) groups excluding carboxylic acids is 1. The van der Waals surface area contributed by atoms with Gasteiger partial charge in [0.05, 0.1) is 6.04 Å². The lowest BCUT2D eigenvalue weighted by Crippen LogP contribution is -2.40. The molecule has 1 fully saturated rings. The highest BCUT2D eigenvalue weighted by atomic mass is 16.4. The van der Waals surface area contributed by atoms with E-state index in [1.54, 1.807) is 0 Å². The molecule has 0 aromatic heterocycles. The summed E-state index contributed by atoms with van der Waals surface area (Å²) in [5, 5.41) is 7.42. The molecular formula is C11H22N2O3. The molecule has 16 heavy (non-hydrogen) atoms. The molecule has 0 radical (unpaired) electrons. The molecule has 1 aliphatic rings. The number of nitrogens with zero attached hydrogens (tertiary/aromatic N) is 1. The molecule has 5 heteroatoms. The first kappa shape index (κ1) is 14.9. The molecule has 0 aliphatic carbocycles. The summed E-state index contributed by atoms with van der Waals surface area (Å²) in [7, 11) is 0. The van der Waals surface area contributed by atoms with Crippen LogP contribution in [0.25, 0.3) is 0 Å². The van der Waals surface area contributed by atoms with Gasteiger partial charge in [-0.25, -0.2) is 0 Å². The highest BCUT2D eigenvalue weighted by Gasteiger charge is 2.27. The van der Waals surface area contributed by atoms with E-state index in [0.29, 0.717) is 0 Å². The lowest BCUT2D eigenvalue weighted by molar-refractivity contribution is -0.134. The maximum absolute atomic E-state index is 11.0. The van der Waals surface area contributed by atoms with Crippen LogP contribution >= 0.6 is 0 Å². The summed E-state index contributed by atoms with van der Waals surface area (Å²) in [6.45, 7) is 5.33. The van der Waals surface area contributed by atoms with Crippen molar-refractivity contribution in [3.8, 4) is 0 Å². The first-order valence-corrected chi connectivity index (χ1v) is 5.72. The summed E-state index contributed by atoms with van der Waals surface area (Å²) in [6, 6.07) is 0.0246. The predicted octanol–water partition coefficient (Wildman–Crippen LogP) is 0.827. The van der Waals surface area contributed by atoms with Crippen molar-refractivity contribution in [2.75, 3.05) is 13.1 Å². The van der Waals surface area contributed by atoms with Gasteiger partial charge in [0.15, 0.2) is 0 Å². The monoisotopic (exact) mass is 230 g/mol. The number of aliphatic carboxylic acids is 1. The first-order chi connectivity index (χ1) is 7.49. The van der Waals surface area contributed by atoms with Crippen molar-refractivity contribution in [1.29, 1.82) is 0 Å². The van der Waals surface area contributed by atoms with Gasteiger partial charge >= 0.3 is 0 Å². The van der Waals surface area contributed by atoms with E-state index < -0.39 is 5.97 Å². The van der Waals surface area contributed by atoms with Crippen molar-refractivity contribution in [3.05, 3.63) is 0 Å². The molecule has 1 aliphatic heterocycles. The molecule has 0 saturated carbocycles. The Bertz CT molecular complexity index is 227. The van der Waals surface area contributed by atoms with Crippen molar-refractivity contribution in [3.63, 3.8) is 0 Å². The zero-order valence-corrected chi connectivity index (χ0v) is 10.1. The fraction of sp³-hybridized carbons (Fsp3) is 0.818. The normalized spacial score (nSPS) is 20.0. The molecule has 1 heterocycles. The van der Waals surface area contributed by atoms with Gasteiger partial charge in [-0.3, -0.25) is 14.5 Å². The summed E-state index contributed by atoms with van der Waals surface area (Å²) < 4.78 is 0. The third-order valence-electron chi connectivity index (χ3n) is 2.49. The van der Waals surface area contributed by atoms with Crippen LogP contribution in [0.2, 0.25) is 0 Å². The Morgan fingerprint density at radius 1 is 1.50 bits per heavy atom. The molecule has 0 spiro atoms. The van der Waals surface area contributed by atoms with Crippen molar-refractivity contribution >= 4 is 11.9 Å². The second-order valence-electron chi connectivity index (χ2n) is 3.97. The molecule has 1 rings (SSSR count). The quantitative estimate of drug-likeness (QED) is 0.749. The number of primary amides is 1. The van der Waals surface area contributed by atoms with Crippen LogP contribution in [0.15, 0.2) is 0 Å². The molecule has 0 bridgehead atoms. The van der Waals surface area contributed by atoms with Crippen LogP contribution in [0.5, 0.6) is 0 Å². The molecule has 3 N–H and O–H groups in total. The molecule has 0 aromatic rings. The molecule has 1 amide bonds. The minimum atomic E-state index is -0.833. The Morgan fingerprint density at radius 2 is 2.06 bits per heavy atom. The number of likely N-dealkylation sites (tertiary alicyclic amines) is 1. The standard InChI is InChI=1S/C9H18N2O.C2H4O2/c1-2-3-6-11-7-4-5-8(11)9(10)12;1-2(3)4/h8H,2-7H2,1H3,(H2,10,12);1H3,(H,3,4)/t8-;/m0./s1. The average molecular weight is 230 g/mol. The zero-order valence-electron chi connectivity index (χ0n) is 10.1. The van der Waals surface area contributed by atoms with E-state index in [-0.39, 0.29) is 11.9 Å². The second kappa shape index (κ2) is 8.10. The minimum Gasteiger partial charge on any atom is -0.481 e. The van der Waals surface area contributed by atoms with Crippen molar-refractivity contribution in [2.45, 2.75) is 45.6 Å². The largest absolute Gasteiger partial charge is 0.481 e. The maximum atomic E-state index is 11.0. The zero-order chi connectivity index (χ0) is 12.6. The van der Waals surface area contributed by atoms with Crippen LogP contribution in [0, 0.1) is 0 Å². The van der Waals surface area contributed by atoms with E-state index in [9.17, 15) is 4.79 Å². The summed E-state index contributed by atoms with van der Waals surface area (Å²) in [5.41, 5.74) is 5.28. The van der Waals surface area contributed by atoms with Gasteiger partial charge in [0.2, 0.25) is 5.91 Å². The smallest absolute Gasteiger partial charge is 0.300 e. The topological polar surface area (TPSA) is 83.6 Å². The van der Waals surface area contributed by atoms with E-state index in [1.165, 1.54) is 12.8 Å². The van der Waals surface area contributed by atoms with Crippen LogP contribution in [0.3, 0.4) is 0 Å². The van der Waals surface area contributed by atoms with Gasteiger partial charge in [0.1, 0.15) is 0 Å². The lowest BCUT2D eigenvalue weighted by Gasteiger charge is -2.20. The first-order valence-electron chi connectivity index (χ1n) is 5.72. The summed E-state index contributed by atoms with van der Waals surface area (Å²) in [6.07, 6.45) is 4.43. The second-order valence-corrected chi connectivity index (χ2v) is 3.97. The summed E-state index contributed by atoms with van der Waals surface area (Å²) in [5.74, 6) is -0.983. The number of hydrogen-bond donors (Lipinski definition) is 2. The number of carboxylic acid groups (broad SMARTS) is 1. The highest BCUT2D eigenvalue weighted by Crippen LogP contribution is 2.16. The van der Waals surface area contributed by atoms with Gasteiger partial charge in [0, 0.05) is 6.92 Å². The third-order valence-corrected chi connectivity index (χ3v) is 2.49. The molecular weight excluding hydrogens is 208 g/mol. The fourth-order valence-corrected chi connectivity index (χ4v) is 1.78.